The van der Waals surface area contributed by atoms with Gasteiger partial charge in [-0.3, -0.25) is 0 Å². The molecular formula is C13H12BrF3N4. The monoisotopic (exact) mass is 360 g/mol. The quantitative estimate of drug-likeness (QED) is 0.783. The second-order valence-corrected chi connectivity index (χ2v) is 5.05. The molecule has 0 aliphatic heterocycles. The van der Waals surface area contributed by atoms with Crippen LogP contribution in [0.25, 0.3) is 0 Å². The first-order valence-corrected chi connectivity index (χ1v) is 6.98. The van der Waals surface area contributed by atoms with E-state index in [1.807, 2.05) is 6.92 Å². The maximum Gasteiger partial charge on any atom is 0.224 e. The van der Waals surface area contributed by atoms with E-state index in [1.54, 1.807) is 0 Å². The van der Waals surface area contributed by atoms with Crippen LogP contribution in [0.2, 0.25) is 0 Å². The van der Waals surface area contributed by atoms with E-state index in [2.05, 4.69) is 36.5 Å². The largest absolute Gasteiger partial charge is 0.354 e. The number of aromatic nitrogens is 2. The summed E-state index contributed by atoms with van der Waals surface area (Å²) in [5, 5.41) is 5.70. The fourth-order valence-corrected chi connectivity index (χ4v) is 1.83. The number of anilines is 3. The van der Waals surface area contributed by atoms with Gasteiger partial charge in [0.2, 0.25) is 5.95 Å². The van der Waals surface area contributed by atoms with Crippen LogP contribution < -0.4 is 10.6 Å². The predicted octanol–water partition coefficient (Wildman–Crippen LogP) is 4.22. The summed E-state index contributed by atoms with van der Waals surface area (Å²) < 4.78 is 39.8. The van der Waals surface area contributed by atoms with E-state index in [1.165, 1.54) is 6.20 Å². The molecule has 0 radical (unpaired) electrons. The van der Waals surface area contributed by atoms with Crippen LogP contribution in [0, 0.1) is 17.5 Å². The van der Waals surface area contributed by atoms with Gasteiger partial charge in [0.05, 0.1) is 4.47 Å². The molecule has 0 amide bonds. The summed E-state index contributed by atoms with van der Waals surface area (Å²) in [6.45, 7) is 2.69. The number of halogens is 4. The Bertz CT molecular complexity index is 628. The van der Waals surface area contributed by atoms with Gasteiger partial charge in [-0.05, 0) is 22.4 Å². The van der Waals surface area contributed by atoms with E-state index in [-0.39, 0.29) is 5.69 Å². The van der Waals surface area contributed by atoms with E-state index in [0.717, 1.165) is 18.6 Å². The highest BCUT2D eigenvalue weighted by molar-refractivity contribution is 9.10. The minimum atomic E-state index is -1.51. The summed E-state index contributed by atoms with van der Waals surface area (Å²) in [7, 11) is 0. The van der Waals surface area contributed by atoms with E-state index >= 15 is 0 Å². The summed E-state index contributed by atoms with van der Waals surface area (Å²) in [4.78, 5) is 8.22. The molecule has 0 saturated carbocycles. The zero-order valence-corrected chi connectivity index (χ0v) is 12.6. The molecule has 0 spiro atoms. The van der Waals surface area contributed by atoms with Crippen LogP contribution in [-0.4, -0.2) is 16.5 Å². The highest BCUT2D eigenvalue weighted by Gasteiger charge is 2.12. The molecule has 21 heavy (non-hydrogen) atoms. The molecule has 112 valence electrons. The molecule has 1 aromatic carbocycles. The van der Waals surface area contributed by atoms with E-state index < -0.39 is 17.5 Å². The van der Waals surface area contributed by atoms with Gasteiger partial charge in [0.1, 0.15) is 5.82 Å². The molecule has 0 saturated heterocycles. The molecule has 0 fully saturated rings. The Kier molecular flexibility index (Phi) is 5.00. The minimum absolute atomic E-state index is 0.0484. The normalized spacial score (nSPS) is 10.5. The number of hydrogen-bond donors (Lipinski definition) is 2. The second kappa shape index (κ2) is 6.75. The van der Waals surface area contributed by atoms with E-state index in [0.29, 0.717) is 22.8 Å². The lowest BCUT2D eigenvalue weighted by atomic mass is 10.3. The van der Waals surface area contributed by atoms with Crippen molar-refractivity contribution < 1.29 is 13.2 Å². The lowest BCUT2D eigenvalue weighted by Gasteiger charge is -2.10. The van der Waals surface area contributed by atoms with Crippen molar-refractivity contribution in [3.8, 4) is 0 Å². The van der Waals surface area contributed by atoms with Crippen molar-refractivity contribution >= 4 is 33.4 Å². The van der Waals surface area contributed by atoms with E-state index in [4.69, 9.17) is 0 Å². The molecule has 1 aromatic heterocycles. The van der Waals surface area contributed by atoms with Crippen molar-refractivity contribution in [1.82, 2.24) is 9.97 Å². The lowest BCUT2D eigenvalue weighted by Crippen LogP contribution is -2.06. The Hall–Kier alpha value is -1.83. The maximum absolute atomic E-state index is 13.2. The predicted molar refractivity (Wildman–Crippen MR) is 78.1 cm³/mol. The molecule has 2 aromatic rings. The molecule has 8 heteroatoms. The number of nitrogens with zero attached hydrogens (tertiary/aromatic N) is 2. The van der Waals surface area contributed by atoms with Crippen LogP contribution >= 0.6 is 15.9 Å². The van der Waals surface area contributed by atoms with Gasteiger partial charge >= 0.3 is 0 Å². The Labute approximate surface area is 127 Å². The minimum Gasteiger partial charge on any atom is -0.354 e. The third kappa shape index (κ3) is 3.84. The molecule has 0 atom stereocenters. The third-order valence-electron chi connectivity index (χ3n) is 2.52. The SMILES string of the molecule is CCCNc1ncc(Br)c(Nc2cc(F)c(F)c(F)c2)n1. The van der Waals surface area contributed by atoms with Crippen LogP contribution in [0.1, 0.15) is 13.3 Å². The number of nitrogens with one attached hydrogen (secondary N) is 2. The first-order chi connectivity index (χ1) is 10.0. The van der Waals surface area contributed by atoms with Gasteiger partial charge in [-0.25, -0.2) is 18.2 Å². The fraction of sp³-hybridized carbons (Fsp3) is 0.231. The van der Waals surface area contributed by atoms with Crippen LogP contribution in [0.4, 0.5) is 30.6 Å². The van der Waals surface area contributed by atoms with Gasteiger partial charge < -0.3 is 10.6 Å². The van der Waals surface area contributed by atoms with Crippen molar-refractivity contribution in [1.29, 1.82) is 0 Å². The lowest BCUT2D eigenvalue weighted by molar-refractivity contribution is 0.448. The second-order valence-electron chi connectivity index (χ2n) is 4.20. The summed E-state index contributed by atoms with van der Waals surface area (Å²) in [5.41, 5.74) is 0.0484. The molecule has 4 nitrogen and oxygen atoms in total. The Morgan fingerprint density at radius 1 is 1.19 bits per heavy atom. The fourth-order valence-electron chi connectivity index (χ4n) is 1.54. The molecule has 2 rings (SSSR count). The maximum atomic E-state index is 13.2. The van der Waals surface area contributed by atoms with E-state index in [9.17, 15) is 13.2 Å². The third-order valence-corrected chi connectivity index (χ3v) is 3.10. The summed E-state index contributed by atoms with van der Waals surface area (Å²) in [5.74, 6) is -3.36. The average molecular weight is 361 g/mol. The first kappa shape index (κ1) is 15.6. The van der Waals surface area contributed by atoms with Gasteiger partial charge in [0, 0.05) is 30.6 Å². The van der Waals surface area contributed by atoms with Crippen LogP contribution in [0.3, 0.4) is 0 Å². The van der Waals surface area contributed by atoms with Gasteiger partial charge in [-0.1, -0.05) is 6.92 Å². The average Bonchev–Trinajstić information content (AvgIpc) is 2.45. The standard InChI is InChI=1S/C13H12BrF3N4/c1-2-3-18-13-19-6-8(14)12(21-13)20-7-4-9(15)11(17)10(16)5-7/h4-6H,2-3H2,1H3,(H2,18,19,20,21). The zero-order valence-electron chi connectivity index (χ0n) is 11.1. The van der Waals surface area contributed by atoms with Crippen LogP contribution in [-0.2, 0) is 0 Å². The molecule has 0 bridgehead atoms. The number of benzene rings is 1. The molecule has 0 aliphatic rings. The number of hydrogen-bond acceptors (Lipinski definition) is 4. The summed E-state index contributed by atoms with van der Waals surface area (Å²) in [6.07, 6.45) is 2.40. The summed E-state index contributed by atoms with van der Waals surface area (Å²) in [6, 6.07) is 1.71. The Balaban J connectivity index is 2.26. The highest BCUT2D eigenvalue weighted by atomic mass is 79.9. The van der Waals surface area contributed by atoms with Crippen molar-refractivity contribution in [2.45, 2.75) is 13.3 Å². The van der Waals surface area contributed by atoms with Gasteiger partial charge in [-0.2, -0.15) is 4.98 Å². The molecule has 1 heterocycles. The van der Waals surface area contributed by atoms with Crippen molar-refractivity contribution in [3.05, 3.63) is 40.3 Å². The number of rotatable bonds is 5. The molecule has 0 unspecified atom stereocenters. The van der Waals surface area contributed by atoms with Crippen LogP contribution in [0.5, 0.6) is 0 Å². The van der Waals surface area contributed by atoms with Gasteiger partial charge in [-0.15, -0.1) is 0 Å². The topological polar surface area (TPSA) is 49.8 Å². The van der Waals surface area contributed by atoms with Crippen molar-refractivity contribution in [2.75, 3.05) is 17.2 Å². The molecular weight excluding hydrogens is 349 g/mol. The smallest absolute Gasteiger partial charge is 0.224 e. The Morgan fingerprint density at radius 3 is 2.48 bits per heavy atom. The van der Waals surface area contributed by atoms with Gasteiger partial charge in [0.15, 0.2) is 17.5 Å². The van der Waals surface area contributed by atoms with Gasteiger partial charge in [0.25, 0.3) is 0 Å². The Morgan fingerprint density at radius 2 is 1.86 bits per heavy atom. The molecule has 0 aliphatic carbocycles. The van der Waals surface area contributed by atoms with Crippen LogP contribution in [0.15, 0.2) is 22.8 Å². The summed E-state index contributed by atoms with van der Waals surface area (Å²) >= 11 is 3.23. The van der Waals surface area contributed by atoms with Crippen molar-refractivity contribution in [3.63, 3.8) is 0 Å². The first-order valence-electron chi connectivity index (χ1n) is 6.19. The highest BCUT2D eigenvalue weighted by Crippen LogP contribution is 2.26. The van der Waals surface area contributed by atoms with Crippen molar-refractivity contribution in [2.24, 2.45) is 0 Å². The molecule has 2 N–H and O–H groups in total. The zero-order chi connectivity index (χ0) is 15.4.